The summed E-state index contributed by atoms with van der Waals surface area (Å²) in [5, 5.41) is 0. The highest BCUT2D eigenvalue weighted by molar-refractivity contribution is 5.79. The first-order valence-electron chi connectivity index (χ1n) is 8.41. The summed E-state index contributed by atoms with van der Waals surface area (Å²) in [7, 11) is 1.64. The Labute approximate surface area is 142 Å². The van der Waals surface area contributed by atoms with Crippen LogP contribution in [0.3, 0.4) is 0 Å². The van der Waals surface area contributed by atoms with Crippen LogP contribution >= 0.6 is 0 Å². The first-order chi connectivity index (χ1) is 11.6. The monoisotopic (exact) mass is 336 g/mol. The molecular weight excluding hydrogens is 311 g/mol. The largest absolute Gasteiger partial charge is 0.383 e. The lowest BCUT2D eigenvalue weighted by atomic mass is 9.87. The molecule has 1 aromatic carbocycles. The summed E-state index contributed by atoms with van der Waals surface area (Å²) in [6.07, 6.45) is 0.510. The average Bonchev–Trinajstić information content (AvgIpc) is 2.72. The summed E-state index contributed by atoms with van der Waals surface area (Å²) in [4.78, 5) is 16.5. The third-order valence-corrected chi connectivity index (χ3v) is 4.78. The van der Waals surface area contributed by atoms with Gasteiger partial charge in [-0.25, -0.2) is 4.39 Å². The molecule has 2 aliphatic rings. The molecule has 0 saturated carbocycles. The van der Waals surface area contributed by atoms with Crippen LogP contribution in [0.25, 0.3) is 0 Å². The summed E-state index contributed by atoms with van der Waals surface area (Å²) >= 11 is 0. The van der Waals surface area contributed by atoms with Crippen molar-refractivity contribution in [3.63, 3.8) is 0 Å². The van der Waals surface area contributed by atoms with Crippen LogP contribution in [0.5, 0.6) is 0 Å². The molecule has 0 aliphatic carbocycles. The number of amides is 1. The average molecular weight is 336 g/mol. The molecule has 1 aromatic rings. The number of nitrogens with zero attached hydrogens (tertiary/aromatic N) is 2. The molecule has 132 valence electrons. The number of likely N-dealkylation sites (tertiary alicyclic amines) is 1. The minimum absolute atomic E-state index is 0.170. The molecule has 0 aromatic heterocycles. The van der Waals surface area contributed by atoms with Gasteiger partial charge in [-0.1, -0.05) is 12.1 Å². The van der Waals surface area contributed by atoms with E-state index >= 15 is 0 Å². The highest BCUT2D eigenvalue weighted by Gasteiger charge is 2.45. The van der Waals surface area contributed by atoms with Crippen molar-refractivity contribution in [1.29, 1.82) is 0 Å². The Morgan fingerprint density at radius 2 is 2.25 bits per heavy atom. The zero-order valence-corrected chi connectivity index (χ0v) is 14.2. The van der Waals surface area contributed by atoms with Crippen molar-refractivity contribution in [2.45, 2.75) is 13.0 Å². The maximum absolute atomic E-state index is 13.4. The molecule has 3 rings (SSSR count). The van der Waals surface area contributed by atoms with Crippen LogP contribution in [0.4, 0.5) is 4.39 Å². The van der Waals surface area contributed by atoms with Crippen LogP contribution in [0.2, 0.25) is 0 Å². The molecule has 1 spiro atoms. The molecule has 0 N–H and O–H groups in total. The number of halogens is 1. The van der Waals surface area contributed by atoms with Crippen LogP contribution in [-0.2, 0) is 20.8 Å². The van der Waals surface area contributed by atoms with Crippen LogP contribution in [0, 0.1) is 11.2 Å². The SMILES string of the molecule is COCCN1CC2(COCCN(Cc3cccc(F)c3)C2)CC1=O. The lowest BCUT2D eigenvalue weighted by Crippen LogP contribution is -2.40. The maximum Gasteiger partial charge on any atom is 0.223 e. The Kier molecular flexibility index (Phi) is 5.48. The minimum atomic E-state index is -0.213. The van der Waals surface area contributed by atoms with Gasteiger partial charge in [0.2, 0.25) is 5.91 Å². The first kappa shape index (κ1) is 17.3. The van der Waals surface area contributed by atoms with Gasteiger partial charge in [-0.2, -0.15) is 0 Å². The highest BCUT2D eigenvalue weighted by Crippen LogP contribution is 2.34. The quantitative estimate of drug-likeness (QED) is 0.818. The van der Waals surface area contributed by atoms with E-state index in [0.29, 0.717) is 45.9 Å². The predicted molar refractivity (Wildman–Crippen MR) is 88.0 cm³/mol. The second kappa shape index (κ2) is 7.59. The van der Waals surface area contributed by atoms with E-state index < -0.39 is 0 Å². The number of hydrogen-bond acceptors (Lipinski definition) is 4. The van der Waals surface area contributed by atoms with E-state index in [1.807, 2.05) is 11.0 Å². The molecule has 1 atom stereocenters. The topological polar surface area (TPSA) is 42.0 Å². The van der Waals surface area contributed by atoms with E-state index in [0.717, 1.165) is 18.7 Å². The van der Waals surface area contributed by atoms with Crippen LogP contribution < -0.4 is 0 Å². The Bertz CT molecular complexity index is 583. The van der Waals surface area contributed by atoms with Gasteiger partial charge in [0.15, 0.2) is 0 Å². The minimum Gasteiger partial charge on any atom is -0.383 e. The van der Waals surface area contributed by atoms with Crippen molar-refractivity contribution < 1.29 is 18.7 Å². The van der Waals surface area contributed by atoms with Crippen LogP contribution in [-0.4, -0.2) is 68.8 Å². The second-order valence-corrected chi connectivity index (χ2v) is 6.88. The number of rotatable bonds is 5. The van der Waals surface area contributed by atoms with E-state index in [1.165, 1.54) is 6.07 Å². The molecule has 5 nitrogen and oxygen atoms in total. The van der Waals surface area contributed by atoms with Gasteiger partial charge in [-0.3, -0.25) is 9.69 Å². The number of carbonyl (C=O) groups is 1. The van der Waals surface area contributed by atoms with Gasteiger partial charge < -0.3 is 14.4 Å². The van der Waals surface area contributed by atoms with Crippen molar-refractivity contribution in [3.8, 4) is 0 Å². The molecule has 0 radical (unpaired) electrons. The van der Waals surface area contributed by atoms with Gasteiger partial charge in [-0.15, -0.1) is 0 Å². The van der Waals surface area contributed by atoms with Crippen molar-refractivity contribution in [3.05, 3.63) is 35.6 Å². The van der Waals surface area contributed by atoms with E-state index in [-0.39, 0.29) is 17.1 Å². The highest BCUT2D eigenvalue weighted by atomic mass is 19.1. The van der Waals surface area contributed by atoms with Crippen molar-refractivity contribution in [1.82, 2.24) is 9.80 Å². The van der Waals surface area contributed by atoms with E-state index in [9.17, 15) is 9.18 Å². The Morgan fingerprint density at radius 1 is 1.38 bits per heavy atom. The number of hydrogen-bond donors (Lipinski definition) is 0. The summed E-state index contributed by atoms with van der Waals surface area (Å²) in [5.41, 5.74) is 0.780. The van der Waals surface area contributed by atoms with Gasteiger partial charge in [-0.05, 0) is 17.7 Å². The van der Waals surface area contributed by atoms with Crippen molar-refractivity contribution in [2.75, 3.05) is 53.1 Å². The molecule has 1 unspecified atom stereocenters. The van der Waals surface area contributed by atoms with E-state index in [1.54, 1.807) is 19.2 Å². The van der Waals surface area contributed by atoms with Crippen LogP contribution in [0.15, 0.2) is 24.3 Å². The fraction of sp³-hybridized carbons (Fsp3) is 0.611. The number of methoxy groups -OCH3 is 1. The van der Waals surface area contributed by atoms with Gasteiger partial charge in [0, 0.05) is 51.7 Å². The number of benzene rings is 1. The second-order valence-electron chi connectivity index (χ2n) is 6.88. The fourth-order valence-electron chi connectivity index (χ4n) is 3.70. The fourth-order valence-corrected chi connectivity index (χ4v) is 3.70. The molecule has 2 heterocycles. The van der Waals surface area contributed by atoms with Gasteiger partial charge >= 0.3 is 0 Å². The van der Waals surface area contributed by atoms with Crippen molar-refractivity contribution >= 4 is 5.91 Å². The molecule has 2 fully saturated rings. The molecule has 1 amide bonds. The maximum atomic E-state index is 13.4. The van der Waals surface area contributed by atoms with Crippen molar-refractivity contribution in [2.24, 2.45) is 5.41 Å². The van der Waals surface area contributed by atoms with Gasteiger partial charge in [0.1, 0.15) is 5.82 Å². The summed E-state index contributed by atoms with van der Waals surface area (Å²) in [6, 6.07) is 6.70. The van der Waals surface area contributed by atoms with Gasteiger partial charge in [0.05, 0.1) is 19.8 Å². The third kappa shape index (κ3) is 4.12. The smallest absolute Gasteiger partial charge is 0.223 e. The lowest BCUT2D eigenvalue weighted by Gasteiger charge is -2.31. The van der Waals surface area contributed by atoms with E-state index in [2.05, 4.69) is 4.90 Å². The summed E-state index contributed by atoms with van der Waals surface area (Å²) < 4.78 is 24.3. The lowest BCUT2D eigenvalue weighted by molar-refractivity contribution is -0.128. The molecule has 2 aliphatic heterocycles. The van der Waals surface area contributed by atoms with E-state index in [4.69, 9.17) is 9.47 Å². The molecular formula is C18H25FN2O3. The molecule has 6 heteroatoms. The molecule has 24 heavy (non-hydrogen) atoms. The predicted octanol–water partition coefficient (Wildman–Crippen LogP) is 1.52. The summed E-state index contributed by atoms with van der Waals surface area (Å²) in [6.45, 7) is 5.38. The van der Waals surface area contributed by atoms with Crippen LogP contribution in [0.1, 0.15) is 12.0 Å². The first-order valence-corrected chi connectivity index (χ1v) is 8.41. The summed E-state index contributed by atoms with van der Waals surface area (Å²) in [5.74, 6) is -0.0432. The van der Waals surface area contributed by atoms with Gasteiger partial charge in [0.25, 0.3) is 0 Å². The third-order valence-electron chi connectivity index (χ3n) is 4.78. The Balaban J connectivity index is 1.67. The normalized spacial score (nSPS) is 25.4. The number of ether oxygens (including phenoxy) is 2. The Hall–Kier alpha value is -1.50. The molecule has 0 bridgehead atoms. The number of carbonyl (C=O) groups excluding carboxylic acids is 1. The zero-order chi connectivity index (χ0) is 17.0. The Morgan fingerprint density at radius 3 is 3.04 bits per heavy atom. The zero-order valence-electron chi connectivity index (χ0n) is 14.2. The standard InChI is InChI=1S/C18H25FN2O3/c1-23-7-6-21-13-18(10-17(21)22)12-20(5-8-24-14-18)11-15-3-2-4-16(19)9-15/h2-4,9H,5-8,10-14H2,1H3. The molecule has 2 saturated heterocycles.